The summed E-state index contributed by atoms with van der Waals surface area (Å²) in [5.74, 6) is -0.120. The van der Waals surface area contributed by atoms with Crippen LogP contribution in [0.2, 0.25) is 0 Å². The molecule has 8 heteroatoms. The first kappa shape index (κ1) is 20.6. The fourth-order valence-electron chi connectivity index (χ4n) is 4.02. The van der Waals surface area contributed by atoms with Crippen LogP contribution in [0.4, 0.5) is 0 Å². The van der Waals surface area contributed by atoms with E-state index >= 15 is 0 Å². The van der Waals surface area contributed by atoms with E-state index in [9.17, 15) is 13.2 Å². The summed E-state index contributed by atoms with van der Waals surface area (Å²) in [4.78, 5) is 18.2. The number of nitrogens with one attached hydrogen (secondary N) is 2. The van der Waals surface area contributed by atoms with Gasteiger partial charge in [-0.15, -0.1) is 0 Å². The number of hydrogen-bond acceptors (Lipinski definition) is 4. The Balaban J connectivity index is 1.50. The molecule has 0 saturated heterocycles. The highest BCUT2D eigenvalue weighted by molar-refractivity contribution is 7.89. The van der Waals surface area contributed by atoms with Gasteiger partial charge in [-0.2, -0.15) is 0 Å². The molecule has 0 fully saturated rings. The minimum Gasteiger partial charge on any atom is -0.361 e. The van der Waals surface area contributed by atoms with Crippen molar-refractivity contribution in [3.63, 3.8) is 0 Å². The lowest BCUT2D eigenvalue weighted by atomic mass is 9.98. The Morgan fingerprint density at radius 3 is 2.83 bits per heavy atom. The number of carbonyl (C=O) groups excluding carboxylic acids is 1. The highest BCUT2D eigenvalue weighted by atomic mass is 32.2. The number of nitrogens with zero attached hydrogens (tertiary/aromatic N) is 1. The van der Waals surface area contributed by atoms with Crippen LogP contribution in [0.5, 0.6) is 0 Å². The number of nitrogens with two attached hydrogens (primary N) is 1. The molecule has 1 amide bonds. The lowest BCUT2D eigenvalue weighted by Gasteiger charge is -2.31. The van der Waals surface area contributed by atoms with Crippen LogP contribution in [-0.4, -0.2) is 43.3 Å². The van der Waals surface area contributed by atoms with E-state index in [0.29, 0.717) is 32.5 Å². The molecule has 4 rings (SSSR count). The zero-order valence-electron chi connectivity index (χ0n) is 16.9. The second kappa shape index (κ2) is 8.22. The fraction of sp³-hybridized carbons (Fsp3) is 0.318. The molecule has 30 heavy (non-hydrogen) atoms. The maximum atomic E-state index is 13.0. The van der Waals surface area contributed by atoms with Gasteiger partial charge in [0.1, 0.15) is 0 Å². The molecule has 1 aliphatic rings. The topological polar surface area (TPSA) is 108 Å². The van der Waals surface area contributed by atoms with E-state index < -0.39 is 16.1 Å². The molecule has 1 aromatic heterocycles. The number of benzene rings is 2. The molecular formula is C22H26N4O3S. The first-order chi connectivity index (χ1) is 14.4. The number of aromatic nitrogens is 1. The van der Waals surface area contributed by atoms with Gasteiger partial charge in [0, 0.05) is 36.7 Å². The average molecular weight is 427 g/mol. The second-order valence-electron chi connectivity index (χ2n) is 7.61. The van der Waals surface area contributed by atoms with Gasteiger partial charge in [0.15, 0.2) is 0 Å². The van der Waals surface area contributed by atoms with E-state index in [1.165, 1.54) is 0 Å². The highest BCUT2D eigenvalue weighted by Gasteiger charge is 2.27. The number of para-hydroxylation sites is 1. The van der Waals surface area contributed by atoms with Crippen LogP contribution in [0.15, 0.2) is 53.6 Å². The van der Waals surface area contributed by atoms with Crippen LogP contribution in [0.1, 0.15) is 23.6 Å². The summed E-state index contributed by atoms with van der Waals surface area (Å²) in [5.41, 5.74) is 10.2. The zero-order chi connectivity index (χ0) is 21.3. The Morgan fingerprint density at radius 1 is 1.23 bits per heavy atom. The van der Waals surface area contributed by atoms with Crippen molar-refractivity contribution in [1.29, 1.82) is 0 Å². The first-order valence-electron chi connectivity index (χ1n) is 10.1. The summed E-state index contributed by atoms with van der Waals surface area (Å²) in [7, 11) is -3.53. The van der Waals surface area contributed by atoms with Crippen molar-refractivity contribution in [1.82, 2.24) is 14.6 Å². The number of sulfonamides is 1. The average Bonchev–Trinajstić information content (AvgIpc) is 3.15. The third-order valence-electron chi connectivity index (χ3n) is 5.58. The minimum absolute atomic E-state index is 0.120. The Morgan fingerprint density at radius 2 is 2.03 bits per heavy atom. The van der Waals surface area contributed by atoms with Gasteiger partial charge in [0.2, 0.25) is 15.9 Å². The summed E-state index contributed by atoms with van der Waals surface area (Å²) in [6.07, 6.45) is 3.03. The van der Waals surface area contributed by atoms with Gasteiger partial charge in [-0.1, -0.05) is 31.2 Å². The minimum atomic E-state index is -3.53. The highest BCUT2D eigenvalue weighted by Crippen LogP contribution is 2.24. The van der Waals surface area contributed by atoms with Crippen molar-refractivity contribution >= 4 is 26.8 Å². The molecule has 1 unspecified atom stereocenters. The summed E-state index contributed by atoms with van der Waals surface area (Å²) in [5, 5.41) is 1.07. The molecule has 0 spiro atoms. The van der Waals surface area contributed by atoms with E-state index in [0.717, 1.165) is 27.6 Å². The fourth-order valence-corrected chi connectivity index (χ4v) is 5.11. The second-order valence-corrected chi connectivity index (χ2v) is 9.38. The number of carbonyl (C=O) groups is 1. The SMILES string of the molecule is CCNS(=O)(=O)c1ccc2c(c1)CN(C(=O)C(N)Cc1c[nH]c3ccccc13)CC2. The van der Waals surface area contributed by atoms with Gasteiger partial charge in [-0.3, -0.25) is 4.79 Å². The summed E-state index contributed by atoms with van der Waals surface area (Å²) in [6.45, 7) is 3.01. The molecule has 4 N–H and O–H groups in total. The van der Waals surface area contributed by atoms with E-state index in [1.807, 2.05) is 36.5 Å². The normalized spacial score (nSPS) is 15.2. The van der Waals surface area contributed by atoms with E-state index in [-0.39, 0.29) is 10.8 Å². The molecule has 3 aromatic rings. The van der Waals surface area contributed by atoms with Crippen molar-refractivity contribution < 1.29 is 13.2 Å². The Bertz CT molecular complexity index is 1190. The van der Waals surface area contributed by atoms with Gasteiger partial charge in [-0.25, -0.2) is 13.1 Å². The molecule has 2 heterocycles. The van der Waals surface area contributed by atoms with Crippen LogP contribution >= 0.6 is 0 Å². The zero-order valence-corrected chi connectivity index (χ0v) is 17.7. The molecule has 0 radical (unpaired) electrons. The standard InChI is InChI=1S/C22H26N4O3S/c1-2-25-30(28,29)18-8-7-15-9-10-26(14-17(15)11-18)22(27)20(23)12-16-13-24-21-6-4-3-5-19(16)21/h3-8,11,13,20,24-25H,2,9-10,12,14,23H2,1H3. The lowest BCUT2D eigenvalue weighted by Crippen LogP contribution is -2.46. The van der Waals surface area contributed by atoms with Crippen LogP contribution in [0, 0.1) is 0 Å². The monoisotopic (exact) mass is 426 g/mol. The summed E-state index contributed by atoms with van der Waals surface area (Å²) in [6, 6.07) is 12.4. The molecule has 0 bridgehead atoms. The van der Waals surface area contributed by atoms with E-state index in [4.69, 9.17) is 5.73 Å². The summed E-state index contributed by atoms with van der Waals surface area (Å²) < 4.78 is 27.1. The predicted octanol–water partition coefficient (Wildman–Crippen LogP) is 1.92. The largest absolute Gasteiger partial charge is 0.361 e. The molecule has 2 aromatic carbocycles. The number of hydrogen-bond donors (Lipinski definition) is 3. The quantitative estimate of drug-likeness (QED) is 0.560. The number of aromatic amines is 1. The van der Waals surface area contributed by atoms with Crippen LogP contribution in [-0.2, 0) is 34.2 Å². The van der Waals surface area contributed by atoms with Gasteiger partial charge < -0.3 is 15.6 Å². The molecular weight excluding hydrogens is 400 g/mol. The van der Waals surface area contributed by atoms with Gasteiger partial charge in [0.05, 0.1) is 10.9 Å². The molecule has 158 valence electrons. The van der Waals surface area contributed by atoms with E-state index in [2.05, 4.69) is 9.71 Å². The predicted molar refractivity (Wildman–Crippen MR) is 116 cm³/mol. The van der Waals surface area contributed by atoms with Crippen LogP contribution < -0.4 is 10.5 Å². The molecule has 7 nitrogen and oxygen atoms in total. The van der Waals surface area contributed by atoms with Gasteiger partial charge >= 0.3 is 0 Å². The Hall–Kier alpha value is -2.68. The van der Waals surface area contributed by atoms with Crippen molar-refractivity contribution in [2.75, 3.05) is 13.1 Å². The maximum absolute atomic E-state index is 13.0. The molecule has 0 saturated carbocycles. The summed E-state index contributed by atoms with van der Waals surface area (Å²) >= 11 is 0. The van der Waals surface area contributed by atoms with Crippen molar-refractivity contribution in [3.05, 3.63) is 65.4 Å². The third-order valence-corrected chi connectivity index (χ3v) is 7.12. The Labute approximate surface area is 176 Å². The van der Waals surface area contributed by atoms with E-state index in [1.54, 1.807) is 24.0 Å². The molecule has 1 aliphatic heterocycles. The van der Waals surface area contributed by atoms with Crippen LogP contribution in [0.3, 0.4) is 0 Å². The van der Waals surface area contributed by atoms with Crippen LogP contribution in [0.25, 0.3) is 10.9 Å². The van der Waals surface area contributed by atoms with Gasteiger partial charge in [-0.05, 0) is 47.7 Å². The first-order valence-corrected chi connectivity index (χ1v) is 11.6. The molecule has 0 aliphatic carbocycles. The van der Waals surface area contributed by atoms with Crippen molar-refractivity contribution in [2.24, 2.45) is 5.73 Å². The number of amides is 1. The smallest absolute Gasteiger partial charge is 0.240 e. The Kier molecular flexibility index (Phi) is 5.64. The van der Waals surface area contributed by atoms with Gasteiger partial charge in [0.25, 0.3) is 0 Å². The number of rotatable bonds is 6. The number of fused-ring (bicyclic) bond motifs is 2. The van der Waals surface area contributed by atoms with Crippen molar-refractivity contribution in [3.8, 4) is 0 Å². The van der Waals surface area contributed by atoms with Crippen molar-refractivity contribution in [2.45, 2.75) is 37.2 Å². The molecule has 1 atom stereocenters. The lowest BCUT2D eigenvalue weighted by molar-refractivity contribution is -0.133. The maximum Gasteiger partial charge on any atom is 0.240 e. The number of H-pyrrole nitrogens is 1. The third kappa shape index (κ3) is 3.98.